The van der Waals surface area contributed by atoms with E-state index in [-0.39, 0.29) is 17.9 Å². The van der Waals surface area contributed by atoms with E-state index in [0.717, 1.165) is 16.8 Å². The van der Waals surface area contributed by atoms with Gasteiger partial charge in [-0.1, -0.05) is 11.3 Å². The van der Waals surface area contributed by atoms with Gasteiger partial charge in [0.25, 0.3) is 0 Å². The Morgan fingerprint density at radius 1 is 1.14 bits per heavy atom. The first-order chi connectivity index (χ1) is 14.1. The quantitative estimate of drug-likeness (QED) is 0.616. The van der Waals surface area contributed by atoms with E-state index in [9.17, 15) is 9.18 Å². The predicted molar refractivity (Wildman–Crippen MR) is 110 cm³/mol. The number of nitrogens with zero attached hydrogens (tertiary/aromatic N) is 1. The molecule has 0 aliphatic carbocycles. The first-order valence-corrected chi connectivity index (χ1v) is 10.7. The highest BCUT2D eigenvalue weighted by Crippen LogP contribution is 2.31. The molecule has 3 fully saturated rings. The smallest absolute Gasteiger partial charge is 0.321 e. The van der Waals surface area contributed by atoms with Gasteiger partial charge in [-0.15, -0.1) is 0 Å². The molecule has 2 amide bonds. The molecule has 4 heterocycles. The summed E-state index contributed by atoms with van der Waals surface area (Å²) in [7, 11) is 0. The topological polar surface area (TPSA) is 67.7 Å². The fourth-order valence-electron chi connectivity index (χ4n) is 4.26. The molecule has 3 N–H and O–H groups in total. The molecule has 0 spiro atoms. The molecule has 2 aromatic carbocycles. The predicted octanol–water partition coefficient (Wildman–Crippen LogP) is 3.03. The lowest BCUT2D eigenvalue weighted by molar-refractivity contribution is -0.917. The fraction of sp³-hybridized carbons (Fsp3) is 0.333. The normalized spacial score (nSPS) is 23.1. The van der Waals surface area contributed by atoms with E-state index in [4.69, 9.17) is 4.74 Å². The van der Waals surface area contributed by atoms with Gasteiger partial charge in [-0.25, -0.2) is 14.2 Å². The minimum atomic E-state index is -0.302. The Bertz CT molecular complexity index is 1030. The van der Waals surface area contributed by atoms with Gasteiger partial charge >= 0.3 is 6.03 Å². The minimum Gasteiger partial charge on any atom is -0.457 e. The standard InChI is InChI=1S/C21H21FN4O2S/c22-14-1-3-15(4-2-14)28-16-5-6-17-19(11-16)29-21(24-17)25-20(27)23-18-12-26-9-7-13(18)8-10-26/h1-6,11,13,18H,7-10,12H2,(H2,23,24,25,27)/p+1. The second-order valence-corrected chi connectivity index (χ2v) is 8.73. The summed E-state index contributed by atoms with van der Waals surface area (Å²) >= 11 is 1.40. The highest BCUT2D eigenvalue weighted by atomic mass is 32.1. The molecule has 6 nitrogen and oxygen atoms in total. The first kappa shape index (κ1) is 18.3. The van der Waals surface area contributed by atoms with Crippen LogP contribution in [0.2, 0.25) is 0 Å². The van der Waals surface area contributed by atoms with Gasteiger partial charge in [0, 0.05) is 18.9 Å². The number of carbonyl (C=O) groups excluding carboxylic acids is 1. The van der Waals surface area contributed by atoms with E-state index in [1.807, 2.05) is 18.2 Å². The fourth-order valence-corrected chi connectivity index (χ4v) is 5.15. The van der Waals surface area contributed by atoms with Crippen molar-refractivity contribution in [2.45, 2.75) is 18.9 Å². The average molecular weight is 413 g/mol. The summed E-state index contributed by atoms with van der Waals surface area (Å²) in [6, 6.07) is 11.5. The second kappa shape index (κ2) is 7.61. The third-order valence-corrected chi connectivity index (χ3v) is 6.69. The van der Waals surface area contributed by atoms with Gasteiger partial charge in [0.1, 0.15) is 17.3 Å². The lowest BCUT2D eigenvalue weighted by atomic mass is 9.84. The molecular formula is C21H22FN4O2S+. The lowest BCUT2D eigenvalue weighted by Crippen LogP contribution is -3.17. The zero-order chi connectivity index (χ0) is 19.8. The SMILES string of the molecule is O=C(Nc1nc2ccc(Oc3ccc(F)cc3)cc2s1)NC1C[NH+]2CCC1CC2. The van der Waals surface area contributed by atoms with Crippen molar-refractivity contribution in [2.24, 2.45) is 5.92 Å². The van der Waals surface area contributed by atoms with Crippen LogP contribution in [0.15, 0.2) is 42.5 Å². The Balaban J connectivity index is 1.25. The highest BCUT2D eigenvalue weighted by molar-refractivity contribution is 7.22. The summed E-state index contributed by atoms with van der Waals surface area (Å²) in [6.45, 7) is 3.47. The number of aromatic nitrogens is 1. The number of quaternary nitrogens is 1. The highest BCUT2D eigenvalue weighted by Gasteiger charge is 2.38. The molecule has 8 heteroatoms. The van der Waals surface area contributed by atoms with Gasteiger partial charge in [-0.05, 0) is 42.3 Å². The number of hydrogen-bond donors (Lipinski definition) is 3. The zero-order valence-corrected chi connectivity index (χ0v) is 16.6. The summed E-state index contributed by atoms with van der Waals surface area (Å²) in [4.78, 5) is 18.5. The molecule has 3 aliphatic heterocycles. The molecule has 1 unspecified atom stereocenters. The van der Waals surface area contributed by atoms with Crippen molar-refractivity contribution in [3.8, 4) is 11.5 Å². The number of urea groups is 1. The Hall–Kier alpha value is -2.71. The Morgan fingerprint density at radius 3 is 2.62 bits per heavy atom. The van der Waals surface area contributed by atoms with Gasteiger partial charge in [0.05, 0.1) is 35.9 Å². The third-order valence-electron chi connectivity index (χ3n) is 5.76. The number of fused-ring (bicyclic) bond motifs is 4. The molecule has 0 radical (unpaired) electrons. The molecule has 0 saturated carbocycles. The molecule has 150 valence electrons. The van der Waals surface area contributed by atoms with E-state index in [1.54, 1.807) is 17.0 Å². The van der Waals surface area contributed by atoms with Crippen LogP contribution in [0.3, 0.4) is 0 Å². The number of halogens is 1. The number of rotatable bonds is 4. The molecule has 1 aromatic heterocycles. The monoisotopic (exact) mass is 413 g/mol. The van der Waals surface area contributed by atoms with Crippen molar-refractivity contribution < 1.29 is 18.8 Å². The van der Waals surface area contributed by atoms with Gasteiger partial charge < -0.3 is 15.0 Å². The van der Waals surface area contributed by atoms with Crippen molar-refractivity contribution in [3.63, 3.8) is 0 Å². The van der Waals surface area contributed by atoms with Gasteiger partial charge in [-0.2, -0.15) is 0 Å². The number of piperidine rings is 3. The van der Waals surface area contributed by atoms with Crippen molar-refractivity contribution in [3.05, 3.63) is 48.3 Å². The second-order valence-electron chi connectivity index (χ2n) is 7.70. The molecule has 3 aliphatic rings. The van der Waals surface area contributed by atoms with Crippen molar-refractivity contribution in [1.82, 2.24) is 10.3 Å². The molecule has 3 saturated heterocycles. The molecule has 2 bridgehead atoms. The van der Waals surface area contributed by atoms with Crippen molar-refractivity contribution in [1.29, 1.82) is 0 Å². The van der Waals surface area contributed by atoms with E-state index in [2.05, 4.69) is 15.6 Å². The molecule has 29 heavy (non-hydrogen) atoms. The Kier molecular flexibility index (Phi) is 4.81. The summed E-state index contributed by atoms with van der Waals surface area (Å²) in [5.74, 6) is 1.50. The Morgan fingerprint density at radius 2 is 1.90 bits per heavy atom. The number of thiazole rings is 1. The molecule has 6 rings (SSSR count). The maximum atomic E-state index is 13.0. The van der Waals surface area contributed by atoms with Crippen LogP contribution in [0.25, 0.3) is 10.2 Å². The van der Waals surface area contributed by atoms with Crippen LogP contribution in [0.5, 0.6) is 11.5 Å². The van der Waals surface area contributed by atoms with Gasteiger partial charge in [0.15, 0.2) is 5.13 Å². The number of hydrogen-bond acceptors (Lipinski definition) is 4. The number of nitrogens with one attached hydrogen (secondary N) is 3. The Labute approximate surface area is 171 Å². The zero-order valence-electron chi connectivity index (χ0n) is 15.8. The van der Waals surface area contributed by atoms with E-state index < -0.39 is 0 Å². The number of ether oxygens (including phenoxy) is 1. The summed E-state index contributed by atoms with van der Waals surface area (Å²) in [6.07, 6.45) is 2.39. The van der Waals surface area contributed by atoms with Gasteiger partial charge in [-0.3, -0.25) is 5.32 Å². The third kappa shape index (κ3) is 4.04. The first-order valence-electron chi connectivity index (χ1n) is 9.87. The van der Waals surface area contributed by atoms with Crippen molar-refractivity contribution in [2.75, 3.05) is 25.0 Å². The summed E-state index contributed by atoms with van der Waals surface area (Å²) < 4.78 is 19.7. The number of benzene rings is 2. The molecular weight excluding hydrogens is 391 g/mol. The largest absolute Gasteiger partial charge is 0.457 e. The van der Waals surface area contributed by atoms with E-state index in [1.165, 1.54) is 49.4 Å². The lowest BCUT2D eigenvalue weighted by Gasteiger charge is -2.41. The van der Waals surface area contributed by atoms with Crippen LogP contribution >= 0.6 is 11.3 Å². The van der Waals surface area contributed by atoms with Crippen LogP contribution < -0.4 is 20.3 Å². The van der Waals surface area contributed by atoms with Crippen LogP contribution in [0.4, 0.5) is 14.3 Å². The minimum absolute atomic E-state index is 0.190. The summed E-state index contributed by atoms with van der Waals surface area (Å²) in [5, 5.41) is 6.57. The van der Waals surface area contributed by atoms with E-state index >= 15 is 0 Å². The average Bonchev–Trinajstić information content (AvgIpc) is 3.12. The molecule has 1 atom stereocenters. The number of anilines is 1. The van der Waals surface area contributed by atoms with Crippen LogP contribution in [-0.4, -0.2) is 36.7 Å². The maximum absolute atomic E-state index is 13.0. The number of amides is 2. The van der Waals surface area contributed by atoms with Crippen LogP contribution in [-0.2, 0) is 0 Å². The summed E-state index contributed by atoms with van der Waals surface area (Å²) in [5.41, 5.74) is 0.795. The maximum Gasteiger partial charge on any atom is 0.321 e. The van der Waals surface area contributed by atoms with Crippen molar-refractivity contribution >= 4 is 32.7 Å². The van der Waals surface area contributed by atoms with Crippen LogP contribution in [0, 0.1) is 11.7 Å². The van der Waals surface area contributed by atoms with Gasteiger partial charge in [0.2, 0.25) is 0 Å². The molecule has 3 aromatic rings. The van der Waals surface area contributed by atoms with Crippen LogP contribution in [0.1, 0.15) is 12.8 Å². The number of carbonyl (C=O) groups is 1. The van der Waals surface area contributed by atoms with E-state index in [0.29, 0.717) is 22.5 Å².